The zero-order valence-corrected chi connectivity index (χ0v) is 11.3. The summed E-state index contributed by atoms with van der Waals surface area (Å²) in [5.41, 5.74) is 4.12. The van der Waals surface area contributed by atoms with E-state index in [-0.39, 0.29) is 0 Å². The van der Waals surface area contributed by atoms with E-state index in [1.165, 1.54) is 23.1 Å². The normalized spacial score (nSPS) is 19.9. The van der Waals surface area contributed by atoms with E-state index in [2.05, 4.69) is 38.2 Å². The number of hydrogen-bond acceptors (Lipinski definition) is 2. The zero-order valence-electron chi connectivity index (χ0n) is 11.3. The summed E-state index contributed by atoms with van der Waals surface area (Å²) in [4.78, 5) is 0. The molecule has 1 aliphatic rings. The molecule has 0 aliphatic carbocycles. The van der Waals surface area contributed by atoms with Crippen LogP contribution in [0, 0.1) is 6.92 Å². The first-order valence-electron chi connectivity index (χ1n) is 6.53. The summed E-state index contributed by atoms with van der Waals surface area (Å²) in [5, 5.41) is 3.45. The molecule has 1 unspecified atom stereocenters. The molecule has 0 bridgehead atoms. The van der Waals surface area contributed by atoms with Crippen molar-refractivity contribution in [2.45, 2.75) is 39.0 Å². The van der Waals surface area contributed by atoms with Gasteiger partial charge in [-0.15, -0.1) is 0 Å². The standard InChI is InChI=1S/C15H23NO/c1-10(2)14-13(12-7-8-16-9-12)6-5-11(3)15(14)17-4/h5-6,10,12,16H,7-9H2,1-4H3. The molecule has 94 valence electrons. The first-order valence-corrected chi connectivity index (χ1v) is 6.53. The van der Waals surface area contributed by atoms with Gasteiger partial charge in [-0.25, -0.2) is 0 Å². The number of methoxy groups -OCH3 is 1. The number of benzene rings is 1. The lowest BCUT2D eigenvalue weighted by Crippen LogP contribution is -2.11. The number of rotatable bonds is 3. The van der Waals surface area contributed by atoms with Gasteiger partial charge in [-0.3, -0.25) is 0 Å². The van der Waals surface area contributed by atoms with Crippen LogP contribution >= 0.6 is 0 Å². The number of aryl methyl sites for hydroxylation is 1. The second-order valence-corrected chi connectivity index (χ2v) is 5.26. The lowest BCUT2D eigenvalue weighted by Gasteiger charge is -2.22. The van der Waals surface area contributed by atoms with Crippen molar-refractivity contribution in [2.24, 2.45) is 0 Å². The van der Waals surface area contributed by atoms with E-state index in [4.69, 9.17) is 4.74 Å². The molecule has 2 heteroatoms. The molecule has 1 N–H and O–H groups in total. The van der Waals surface area contributed by atoms with Crippen molar-refractivity contribution in [3.63, 3.8) is 0 Å². The van der Waals surface area contributed by atoms with Crippen LogP contribution in [-0.4, -0.2) is 20.2 Å². The van der Waals surface area contributed by atoms with E-state index in [0.717, 1.165) is 18.8 Å². The molecular weight excluding hydrogens is 210 g/mol. The molecule has 2 rings (SSSR count). The summed E-state index contributed by atoms with van der Waals surface area (Å²) in [5.74, 6) is 2.26. The Balaban J connectivity index is 2.50. The van der Waals surface area contributed by atoms with Crippen molar-refractivity contribution in [1.29, 1.82) is 0 Å². The fraction of sp³-hybridized carbons (Fsp3) is 0.600. The minimum atomic E-state index is 0.514. The number of ether oxygens (including phenoxy) is 1. The average molecular weight is 233 g/mol. The Kier molecular flexibility index (Phi) is 3.72. The molecule has 1 heterocycles. The Labute approximate surface area is 104 Å². The van der Waals surface area contributed by atoms with Crippen molar-refractivity contribution in [2.75, 3.05) is 20.2 Å². The molecule has 0 radical (unpaired) electrons. The van der Waals surface area contributed by atoms with Crippen molar-refractivity contribution < 1.29 is 4.74 Å². The maximum absolute atomic E-state index is 5.62. The third-order valence-electron chi connectivity index (χ3n) is 3.71. The molecule has 1 atom stereocenters. The van der Waals surface area contributed by atoms with Gasteiger partial charge in [0, 0.05) is 12.1 Å². The van der Waals surface area contributed by atoms with E-state index in [1.54, 1.807) is 7.11 Å². The van der Waals surface area contributed by atoms with Crippen LogP contribution in [0.5, 0.6) is 5.75 Å². The highest BCUT2D eigenvalue weighted by atomic mass is 16.5. The largest absolute Gasteiger partial charge is 0.496 e. The van der Waals surface area contributed by atoms with Gasteiger partial charge in [-0.05, 0) is 42.9 Å². The van der Waals surface area contributed by atoms with Gasteiger partial charge in [0.2, 0.25) is 0 Å². The van der Waals surface area contributed by atoms with Crippen molar-refractivity contribution in [1.82, 2.24) is 5.32 Å². The number of hydrogen-bond donors (Lipinski definition) is 1. The maximum atomic E-state index is 5.62. The quantitative estimate of drug-likeness (QED) is 0.865. The average Bonchev–Trinajstić information content (AvgIpc) is 2.81. The van der Waals surface area contributed by atoms with Gasteiger partial charge in [0.15, 0.2) is 0 Å². The van der Waals surface area contributed by atoms with Crippen LogP contribution in [0.1, 0.15) is 48.8 Å². The summed E-state index contributed by atoms with van der Waals surface area (Å²) in [6.45, 7) is 8.87. The predicted octanol–water partition coefficient (Wildman–Crippen LogP) is 3.20. The van der Waals surface area contributed by atoms with E-state index in [0.29, 0.717) is 11.8 Å². The molecule has 17 heavy (non-hydrogen) atoms. The van der Waals surface area contributed by atoms with Gasteiger partial charge in [-0.1, -0.05) is 26.0 Å². The van der Waals surface area contributed by atoms with Crippen LogP contribution < -0.4 is 10.1 Å². The zero-order chi connectivity index (χ0) is 12.4. The van der Waals surface area contributed by atoms with Gasteiger partial charge in [0.1, 0.15) is 5.75 Å². The Bertz CT molecular complexity index is 392. The Morgan fingerprint density at radius 3 is 2.65 bits per heavy atom. The molecule has 1 aromatic carbocycles. The summed E-state index contributed by atoms with van der Waals surface area (Å²) in [6, 6.07) is 4.49. The van der Waals surface area contributed by atoms with Gasteiger partial charge < -0.3 is 10.1 Å². The summed E-state index contributed by atoms with van der Waals surface area (Å²) in [7, 11) is 1.78. The lowest BCUT2D eigenvalue weighted by molar-refractivity contribution is 0.403. The van der Waals surface area contributed by atoms with E-state index in [9.17, 15) is 0 Å². The molecule has 1 aromatic rings. The third-order valence-corrected chi connectivity index (χ3v) is 3.71. The van der Waals surface area contributed by atoms with E-state index < -0.39 is 0 Å². The SMILES string of the molecule is COc1c(C)ccc(C2CCNC2)c1C(C)C. The van der Waals surface area contributed by atoms with Crippen LogP contribution in [-0.2, 0) is 0 Å². The summed E-state index contributed by atoms with van der Waals surface area (Å²) < 4.78 is 5.62. The predicted molar refractivity (Wildman–Crippen MR) is 72.0 cm³/mol. The van der Waals surface area contributed by atoms with Crippen molar-refractivity contribution in [3.8, 4) is 5.75 Å². The van der Waals surface area contributed by atoms with Crippen molar-refractivity contribution >= 4 is 0 Å². The third kappa shape index (κ3) is 2.32. The fourth-order valence-electron chi connectivity index (χ4n) is 2.87. The fourth-order valence-corrected chi connectivity index (χ4v) is 2.87. The summed E-state index contributed by atoms with van der Waals surface area (Å²) in [6.07, 6.45) is 1.24. The molecule has 1 fully saturated rings. The van der Waals surface area contributed by atoms with E-state index >= 15 is 0 Å². The van der Waals surface area contributed by atoms with Gasteiger partial charge >= 0.3 is 0 Å². The molecule has 1 aliphatic heterocycles. The second kappa shape index (κ2) is 5.09. The maximum Gasteiger partial charge on any atom is 0.125 e. The molecule has 0 spiro atoms. The highest BCUT2D eigenvalue weighted by molar-refractivity contribution is 5.49. The van der Waals surface area contributed by atoms with E-state index in [1.807, 2.05) is 0 Å². The van der Waals surface area contributed by atoms with Crippen LogP contribution in [0.4, 0.5) is 0 Å². The topological polar surface area (TPSA) is 21.3 Å². The van der Waals surface area contributed by atoms with Crippen LogP contribution in [0.2, 0.25) is 0 Å². The van der Waals surface area contributed by atoms with Gasteiger partial charge in [0.25, 0.3) is 0 Å². The Hall–Kier alpha value is -1.02. The van der Waals surface area contributed by atoms with Crippen molar-refractivity contribution in [3.05, 3.63) is 28.8 Å². The lowest BCUT2D eigenvalue weighted by atomic mass is 9.86. The van der Waals surface area contributed by atoms with Crippen LogP contribution in [0.15, 0.2) is 12.1 Å². The smallest absolute Gasteiger partial charge is 0.125 e. The molecule has 2 nitrogen and oxygen atoms in total. The van der Waals surface area contributed by atoms with Crippen LogP contribution in [0.3, 0.4) is 0 Å². The molecular formula is C15H23NO. The first-order chi connectivity index (χ1) is 8.15. The highest BCUT2D eigenvalue weighted by Crippen LogP contribution is 2.38. The van der Waals surface area contributed by atoms with Gasteiger partial charge in [0.05, 0.1) is 7.11 Å². The van der Waals surface area contributed by atoms with Crippen LogP contribution in [0.25, 0.3) is 0 Å². The van der Waals surface area contributed by atoms with Gasteiger partial charge in [-0.2, -0.15) is 0 Å². The Morgan fingerprint density at radius 2 is 2.12 bits per heavy atom. The second-order valence-electron chi connectivity index (χ2n) is 5.26. The number of nitrogens with one attached hydrogen (secondary N) is 1. The molecule has 0 saturated carbocycles. The summed E-state index contributed by atoms with van der Waals surface area (Å²) >= 11 is 0. The Morgan fingerprint density at radius 1 is 1.35 bits per heavy atom. The molecule has 0 amide bonds. The first kappa shape index (κ1) is 12.4. The minimum absolute atomic E-state index is 0.514. The highest BCUT2D eigenvalue weighted by Gasteiger charge is 2.23. The minimum Gasteiger partial charge on any atom is -0.496 e. The monoisotopic (exact) mass is 233 g/mol. The molecule has 0 aromatic heterocycles. The molecule has 1 saturated heterocycles.